The summed E-state index contributed by atoms with van der Waals surface area (Å²) in [7, 11) is 0. The third kappa shape index (κ3) is 6.08. The Morgan fingerprint density at radius 2 is 1.57 bits per heavy atom. The van der Waals surface area contributed by atoms with E-state index in [1.807, 2.05) is 0 Å². The van der Waals surface area contributed by atoms with Crippen molar-refractivity contribution in [1.82, 2.24) is 0 Å². The number of esters is 3. The van der Waals surface area contributed by atoms with Crippen LogP contribution < -0.4 is 4.74 Å². The van der Waals surface area contributed by atoms with Crippen molar-refractivity contribution in [3.05, 3.63) is 29.3 Å². The summed E-state index contributed by atoms with van der Waals surface area (Å²) in [6, 6.07) is 6.26. The number of ether oxygens (including phenoxy) is 5. The van der Waals surface area contributed by atoms with Crippen molar-refractivity contribution in [3.8, 4) is 5.75 Å². The Kier molecular flexibility index (Phi) is 7.61. The van der Waals surface area contributed by atoms with E-state index in [4.69, 9.17) is 35.3 Å². The van der Waals surface area contributed by atoms with Crippen LogP contribution in [0.15, 0.2) is 24.3 Å². The summed E-state index contributed by atoms with van der Waals surface area (Å²) in [5.74, 6) is -1.66. The zero-order valence-electron chi connectivity index (χ0n) is 15.5. The number of aliphatic hydroxyl groups excluding tert-OH is 1. The molecule has 2 rings (SSSR count). The Hall–Kier alpha value is -2.36. The second-order valence-corrected chi connectivity index (χ2v) is 6.49. The molecular formula is C18H21ClO9. The van der Waals surface area contributed by atoms with Crippen LogP contribution in [-0.2, 0) is 33.3 Å². The maximum Gasteiger partial charge on any atom is 0.303 e. The molecule has 0 radical (unpaired) electrons. The van der Waals surface area contributed by atoms with Crippen molar-refractivity contribution in [2.45, 2.75) is 51.5 Å². The number of rotatable bonds is 6. The summed E-state index contributed by atoms with van der Waals surface area (Å²) >= 11 is 5.83. The molecule has 28 heavy (non-hydrogen) atoms. The average Bonchev–Trinajstić information content (AvgIpc) is 2.60. The Labute approximate surface area is 166 Å². The van der Waals surface area contributed by atoms with Crippen molar-refractivity contribution in [1.29, 1.82) is 0 Å². The minimum atomic E-state index is -1.49. The van der Waals surface area contributed by atoms with E-state index < -0.39 is 48.6 Å². The Morgan fingerprint density at radius 1 is 1.00 bits per heavy atom. The van der Waals surface area contributed by atoms with Crippen LogP contribution in [0.5, 0.6) is 5.75 Å². The summed E-state index contributed by atoms with van der Waals surface area (Å²) in [5.41, 5.74) is 0. The standard InChI is InChI=1S/C18H21ClO9/c1-9(20)24-8-14-16(25-10(2)21)17(26-11(3)22)15(23)18(28-14)27-13-6-4-12(19)5-7-13/h4-7,14-18,23H,8H2,1-3H3/t14-,15-,16-,17-,18+/m1/s1. The summed E-state index contributed by atoms with van der Waals surface area (Å²) in [5, 5.41) is 11.1. The predicted molar refractivity (Wildman–Crippen MR) is 94.5 cm³/mol. The molecule has 1 N–H and O–H groups in total. The Morgan fingerprint density at radius 3 is 2.11 bits per heavy atom. The van der Waals surface area contributed by atoms with Crippen LogP contribution >= 0.6 is 11.6 Å². The third-order valence-electron chi connectivity index (χ3n) is 3.74. The fourth-order valence-electron chi connectivity index (χ4n) is 2.63. The van der Waals surface area contributed by atoms with Gasteiger partial charge in [0.1, 0.15) is 18.5 Å². The number of benzene rings is 1. The fourth-order valence-corrected chi connectivity index (χ4v) is 2.76. The SMILES string of the molecule is CC(=O)OC[C@H]1O[C@H](Oc2ccc(Cl)cc2)[C@H](O)[C@@H](OC(C)=O)[C@@H]1OC(C)=O. The van der Waals surface area contributed by atoms with Crippen molar-refractivity contribution in [2.75, 3.05) is 6.61 Å². The molecule has 0 spiro atoms. The molecule has 1 aliphatic heterocycles. The lowest BCUT2D eigenvalue weighted by Crippen LogP contribution is -2.62. The van der Waals surface area contributed by atoms with Crippen LogP contribution in [0.3, 0.4) is 0 Å². The normalized spacial score (nSPS) is 26.8. The molecule has 0 amide bonds. The molecule has 0 bridgehead atoms. The smallest absolute Gasteiger partial charge is 0.303 e. The topological polar surface area (TPSA) is 118 Å². The van der Waals surface area contributed by atoms with E-state index >= 15 is 0 Å². The molecule has 1 fully saturated rings. The molecule has 154 valence electrons. The average molecular weight is 417 g/mol. The number of hydrogen-bond donors (Lipinski definition) is 1. The van der Waals surface area contributed by atoms with Crippen LogP contribution in [0, 0.1) is 0 Å². The lowest BCUT2D eigenvalue weighted by Gasteiger charge is -2.42. The van der Waals surface area contributed by atoms with Gasteiger partial charge in [0.2, 0.25) is 6.29 Å². The molecule has 1 aromatic rings. The van der Waals surface area contributed by atoms with Crippen molar-refractivity contribution in [2.24, 2.45) is 0 Å². The van der Waals surface area contributed by atoms with Crippen LogP contribution in [0.1, 0.15) is 20.8 Å². The lowest BCUT2D eigenvalue weighted by molar-refractivity contribution is -0.285. The van der Waals surface area contributed by atoms with Crippen molar-refractivity contribution < 1.29 is 43.2 Å². The largest absolute Gasteiger partial charge is 0.463 e. The van der Waals surface area contributed by atoms with Gasteiger partial charge >= 0.3 is 17.9 Å². The third-order valence-corrected chi connectivity index (χ3v) is 3.99. The molecule has 0 saturated carbocycles. The first kappa shape index (κ1) is 21.9. The zero-order valence-corrected chi connectivity index (χ0v) is 16.3. The van der Waals surface area contributed by atoms with Crippen LogP contribution in [0.2, 0.25) is 5.02 Å². The van der Waals surface area contributed by atoms with Gasteiger partial charge in [-0.15, -0.1) is 0 Å². The lowest BCUT2D eigenvalue weighted by atomic mass is 9.98. The molecule has 1 saturated heterocycles. The highest BCUT2D eigenvalue weighted by Crippen LogP contribution is 2.29. The fraction of sp³-hybridized carbons (Fsp3) is 0.500. The number of carbonyl (C=O) groups excluding carboxylic acids is 3. The van der Waals surface area contributed by atoms with E-state index in [2.05, 4.69) is 0 Å². The predicted octanol–water partition coefficient (Wildman–Crippen LogP) is 1.23. The molecule has 0 aliphatic carbocycles. The highest BCUT2D eigenvalue weighted by molar-refractivity contribution is 6.30. The van der Waals surface area contributed by atoms with Gasteiger partial charge in [0.25, 0.3) is 0 Å². The Balaban J connectivity index is 2.28. The van der Waals surface area contributed by atoms with Gasteiger partial charge in [0, 0.05) is 25.8 Å². The van der Waals surface area contributed by atoms with Gasteiger partial charge in [-0.1, -0.05) is 11.6 Å². The van der Waals surface area contributed by atoms with Crippen LogP contribution in [0.25, 0.3) is 0 Å². The number of aliphatic hydroxyl groups is 1. The minimum Gasteiger partial charge on any atom is -0.463 e. The second kappa shape index (κ2) is 9.72. The molecular weight excluding hydrogens is 396 g/mol. The molecule has 1 heterocycles. The highest BCUT2D eigenvalue weighted by atomic mass is 35.5. The van der Waals surface area contributed by atoms with Crippen LogP contribution in [-0.4, -0.2) is 60.3 Å². The first-order chi connectivity index (χ1) is 13.2. The van der Waals surface area contributed by atoms with Crippen LogP contribution in [0.4, 0.5) is 0 Å². The first-order valence-corrected chi connectivity index (χ1v) is 8.78. The highest BCUT2D eigenvalue weighted by Gasteiger charge is 2.50. The molecule has 0 aromatic heterocycles. The molecule has 1 aliphatic rings. The molecule has 9 nitrogen and oxygen atoms in total. The van der Waals surface area contributed by atoms with Crippen molar-refractivity contribution >= 4 is 29.5 Å². The van der Waals surface area contributed by atoms with Gasteiger partial charge in [0.15, 0.2) is 18.3 Å². The van der Waals surface area contributed by atoms with E-state index in [0.29, 0.717) is 10.8 Å². The van der Waals surface area contributed by atoms with Gasteiger partial charge in [-0.2, -0.15) is 0 Å². The molecule has 0 unspecified atom stereocenters. The monoisotopic (exact) mass is 416 g/mol. The van der Waals surface area contributed by atoms with E-state index in [1.54, 1.807) is 24.3 Å². The minimum absolute atomic E-state index is 0.307. The summed E-state index contributed by atoms with van der Waals surface area (Å²) in [6.07, 6.45) is -6.33. The second-order valence-electron chi connectivity index (χ2n) is 6.06. The summed E-state index contributed by atoms with van der Waals surface area (Å²) < 4.78 is 26.5. The van der Waals surface area contributed by atoms with E-state index in [9.17, 15) is 19.5 Å². The zero-order chi connectivity index (χ0) is 20.8. The number of carbonyl (C=O) groups is 3. The molecule has 10 heteroatoms. The van der Waals surface area contributed by atoms with Crippen molar-refractivity contribution in [3.63, 3.8) is 0 Å². The summed E-state index contributed by atoms with van der Waals surface area (Å²) in [6.45, 7) is 3.18. The quantitative estimate of drug-likeness (QED) is 0.539. The maximum atomic E-state index is 11.5. The Bertz CT molecular complexity index is 706. The van der Waals surface area contributed by atoms with Gasteiger partial charge in [-0.3, -0.25) is 14.4 Å². The number of hydrogen-bond acceptors (Lipinski definition) is 9. The number of halogens is 1. The van der Waals surface area contributed by atoms with Gasteiger partial charge in [-0.25, -0.2) is 0 Å². The van der Waals surface area contributed by atoms with E-state index in [-0.39, 0.29) is 6.61 Å². The van der Waals surface area contributed by atoms with E-state index in [0.717, 1.165) is 13.8 Å². The maximum absolute atomic E-state index is 11.5. The van der Waals surface area contributed by atoms with Gasteiger partial charge in [0.05, 0.1) is 0 Å². The van der Waals surface area contributed by atoms with Gasteiger partial charge < -0.3 is 28.8 Å². The van der Waals surface area contributed by atoms with Gasteiger partial charge in [-0.05, 0) is 24.3 Å². The molecule has 5 atom stereocenters. The summed E-state index contributed by atoms with van der Waals surface area (Å²) in [4.78, 5) is 34.2. The molecule has 1 aromatic carbocycles. The van der Waals surface area contributed by atoms with E-state index in [1.165, 1.54) is 6.92 Å². The first-order valence-electron chi connectivity index (χ1n) is 8.41.